The third-order valence-corrected chi connectivity index (χ3v) is 2.06. The van der Waals surface area contributed by atoms with Gasteiger partial charge in [0, 0.05) is 14.1 Å². The van der Waals surface area contributed by atoms with Gasteiger partial charge in [-0.2, -0.15) is 0 Å². The maximum atomic E-state index is 13.3. The summed E-state index contributed by atoms with van der Waals surface area (Å²) in [5.41, 5.74) is 0.880. The summed E-state index contributed by atoms with van der Waals surface area (Å²) in [6, 6.07) is 2.73. The number of hydrogen-bond donors (Lipinski definition) is 1. The standard InChI is InChI=1S/C10H14F2N2O/c1-14(2)9-6-7(3-4-15-13)5-8(11)10(9)12/h5-6H,3-4,13H2,1-2H3. The van der Waals surface area contributed by atoms with Crippen molar-refractivity contribution in [2.24, 2.45) is 5.90 Å². The first kappa shape index (κ1) is 11.9. The molecule has 0 atom stereocenters. The molecule has 0 aromatic heterocycles. The Morgan fingerprint density at radius 1 is 1.33 bits per heavy atom. The van der Waals surface area contributed by atoms with Gasteiger partial charge in [-0.1, -0.05) is 0 Å². The van der Waals surface area contributed by atoms with Crippen molar-refractivity contribution in [3.63, 3.8) is 0 Å². The summed E-state index contributed by atoms with van der Waals surface area (Å²) in [7, 11) is 3.31. The summed E-state index contributed by atoms with van der Waals surface area (Å²) in [5.74, 6) is 3.17. The van der Waals surface area contributed by atoms with E-state index < -0.39 is 11.6 Å². The molecule has 2 N–H and O–H groups in total. The molecule has 0 fully saturated rings. The zero-order valence-corrected chi connectivity index (χ0v) is 8.76. The molecule has 3 nitrogen and oxygen atoms in total. The Hall–Kier alpha value is -1.20. The fourth-order valence-electron chi connectivity index (χ4n) is 1.28. The van der Waals surface area contributed by atoms with E-state index in [1.165, 1.54) is 4.90 Å². The molecule has 0 aliphatic rings. The van der Waals surface area contributed by atoms with Crippen molar-refractivity contribution >= 4 is 5.69 Å². The fourth-order valence-corrected chi connectivity index (χ4v) is 1.28. The molecule has 0 saturated heterocycles. The lowest BCUT2D eigenvalue weighted by Crippen LogP contribution is -2.13. The van der Waals surface area contributed by atoms with E-state index in [2.05, 4.69) is 4.84 Å². The molecule has 0 bridgehead atoms. The number of rotatable bonds is 4. The molecule has 0 radical (unpaired) electrons. The Morgan fingerprint density at radius 2 is 2.00 bits per heavy atom. The average Bonchev–Trinajstić information content (AvgIpc) is 2.19. The molecule has 0 spiro atoms. The predicted octanol–water partition coefficient (Wildman–Crippen LogP) is 1.46. The third-order valence-electron chi connectivity index (χ3n) is 2.06. The van der Waals surface area contributed by atoms with Crippen molar-refractivity contribution in [1.29, 1.82) is 0 Å². The zero-order valence-electron chi connectivity index (χ0n) is 8.76. The highest BCUT2D eigenvalue weighted by molar-refractivity contribution is 5.49. The van der Waals surface area contributed by atoms with Crippen LogP contribution in [0.4, 0.5) is 14.5 Å². The summed E-state index contributed by atoms with van der Waals surface area (Å²) in [4.78, 5) is 5.91. The largest absolute Gasteiger partial charge is 0.375 e. The second kappa shape index (κ2) is 5.04. The van der Waals surface area contributed by atoms with Gasteiger partial charge in [-0.25, -0.2) is 14.7 Å². The molecule has 5 heteroatoms. The summed E-state index contributed by atoms with van der Waals surface area (Å²) >= 11 is 0. The Morgan fingerprint density at radius 3 is 2.53 bits per heavy atom. The van der Waals surface area contributed by atoms with E-state index >= 15 is 0 Å². The normalized spacial score (nSPS) is 10.5. The zero-order chi connectivity index (χ0) is 11.4. The molecule has 15 heavy (non-hydrogen) atoms. The van der Waals surface area contributed by atoms with Gasteiger partial charge in [-0.3, -0.25) is 0 Å². The number of halogens is 2. The van der Waals surface area contributed by atoms with Gasteiger partial charge in [0.05, 0.1) is 12.3 Å². The topological polar surface area (TPSA) is 38.5 Å². The second-order valence-corrected chi connectivity index (χ2v) is 3.43. The van der Waals surface area contributed by atoms with Crippen molar-refractivity contribution in [2.45, 2.75) is 6.42 Å². The quantitative estimate of drug-likeness (QED) is 0.774. The average molecular weight is 216 g/mol. The van der Waals surface area contributed by atoms with Gasteiger partial charge in [0.1, 0.15) is 0 Å². The highest BCUT2D eigenvalue weighted by atomic mass is 19.2. The van der Waals surface area contributed by atoms with E-state index in [-0.39, 0.29) is 12.3 Å². The van der Waals surface area contributed by atoms with Crippen LogP contribution in [0.2, 0.25) is 0 Å². The van der Waals surface area contributed by atoms with Crippen molar-refractivity contribution < 1.29 is 13.6 Å². The van der Waals surface area contributed by atoms with Crippen LogP contribution in [0.3, 0.4) is 0 Å². The molecular formula is C10H14F2N2O. The van der Waals surface area contributed by atoms with Gasteiger partial charge >= 0.3 is 0 Å². The summed E-state index contributed by atoms with van der Waals surface area (Å²) in [6.45, 7) is 0.276. The molecule has 0 heterocycles. The molecule has 1 aromatic carbocycles. The van der Waals surface area contributed by atoms with Crippen LogP contribution >= 0.6 is 0 Å². The van der Waals surface area contributed by atoms with Gasteiger partial charge in [0.2, 0.25) is 0 Å². The van der Waals surface area contributed by atoms with Crippen LogP contribution in [0.1, 0.15) is 5.56 Å². The highest BCUT2D eigenvalue weighted by Crippen LogP contribution is 2.22. The van der Waals surface area contributed by atoms with Crippen molar-refractivity contribution in [1.82, 2.24) is 0 Å². The van der Waals surface area contributed by atoms with Gasteiger partial charge in [0.25, 0.3) is 0 Å². The fraction of sp³-hybridized carbons (Fsp3) is 0.400. The highest BCUT2D eigenvalue weighted by Gasteiger charge is 2.11. The van der Waals surface area contributed by atoms with Crippen molar-refractivity contribution in [2.75, 3.05) is 25.6 Å². The summed E-state index contributed by atoms with van der Waals surface area (Å²) < 4.78 is 26.4. The molecule has 84 valence electrons. The van der Waals surface area contributed by atoms with Gasteiger partial charge in [-0.15, -0.1) is 0 Å². The molecule has 0 aliphatic heterocycles. The van der Waals surface area contributed by atoms with E-state index in [9.17, 15) is 8.78 Å². The van der Waals surface area contributed by atoms with Crippen LogP contribution in [0.15, 0.2) is 12.1 Å². The van der Waals surface area contributed by atoms with Crippen LogP contribution in [0.25, 0.3) is 0 Å². The van der Waals surface area contributed by atoms with Crippen molar-refractivity contribution in [3.05, 3.63) is 29.3 Å². The number of hydrogen-bond acceptors (Lipinski definition) is 3. The molecule has 0 unspecified atom stereocenters. The molecule has 0 aliphatic carbocycles. The van der Waals surface area contributed by atoms with E-state index in [1.807, 2.05) is 0 Å². The molecule has 1 aromatic rings. The Balaban J connectivity index is 3.00. The summed E-state index contributed by atoms with van der Waals surface area (Å²) in [6.07, 6.45) is 0.453. The minimum Gasteiger partial charge on any atom is -0.375 e. The van der Waals surface area contributed by atoms with E-state index in [0.717, 1.165) is 6.07 Å². The van der Waals surface area contributed by atoms with Gasteiger partial charge < -0.3 is 9.74 Å². The maximum Gasteiger partial charge on any atom is 0.182 e. The summed E-state index contributed by atoms with van der Waals surface area (Å²) in [5, 5.41) is 0. The molecular weight excluding hydrogens is 202 g/mol. The lowest BCUT2D eigenvalue weighted by atomic mass is 10.1. The number of anilines is 1. The first-order valence-corrected chi connectivity index (χ1v) is 4.53. The monoisotopic (exact) mass is 216 g/mol. The SMILES string of the molecule is CN(C)c1cc(CCON)cc(F)c1F. The van der Waals surface area contributed by atoms with Gasteiger partial charge in [-0.05, 0) is 24.1 Å². The number of benzene rings is 1. The molecule has 0 amide bonds. The maximum absolute atomic E-state index is 13.3. The Labute approximate surface area is 87.4 Å². The second-order valence-electron chi connectivity index (χ2n) is 3.43. The Kier molecular flexibility index (Phi) is 3.99. The smallest absolute Gasteiger partial charge is 0.182 e. The van der Waals surface area contributed by atoms with Crippen LogP contribution in [-0.4, -0.2) is 20.7 Å². The lowest BCUT2D eigenvalue weighted by molar-refractivity contribution is 0.141. The lowest BCUT2D eigenvalue weighted by Gasteiger charge is -2.15. The van der Waals surface area contributed by atoms with E-state index in [0.29, 0.717) is 12.0 Å². The number of nitrogens with two attached hydrogens (primary N) is 1. The third kappa shape index (κ3) is 2.87. The van der Waals surface area contributed by atoms with Crippen LogP contribution < -0.4 is 10.8 Å². The first-order valence-electron chi connectivity index (χ1n) is 4.53. The first-order chi connectivity index (χ1) is 7.06. The van der Waals surface area contributed by atoms with Crippen LogP contribution in [0, 0.1) is 11.6 Å². The van der Waals surface area contributed by atoms with Gasteiger partial charge in [0.15, 0.2) is 11.6 Å². The molecule has 1 rings (SSSR count). The predicted molar refractivity (Wildman–Crippen MR) is 54.5 cm³/mol. The molecule has 0 saturated carbocycles. The Bertz CT molecular complexity index is 342. The van der Waals surface area contributed by atoms with Crippen molar-refractivity contribution in [3.8, 4) is 0 Å². The van der Waals surface area contributed by atoms with E-state index in [4.69, 9.17) is 5.90 Å². The number of nitrogens with zero attached hydrogens (tertiary/aromatic N) is 1. The minimum atomic E-state index is -0.853. The minimum absolute atomic E-state index is 0.224. The van der Waals surface area contributed by atoms with Crippen LogP contribution in [0.5, 0.6) is 0 Å². The van der Waals surface area contributed by atoms with Crippen LogP contribution in [-0.2, 0) is 11.3 Å². The van der Waals surface area contributed by atoms with E-state index in [1.54, 1.807) is 20.2 Å².